The molecule has 0 aromatic rings. The van der Waals surface area contributed by atoms with E-state index in [4.69, 9.17) is 4.74 Å². The maximum absolute atomic E-state index is 9.98. The second-order valence-corrected chi connectivity index (χ2v) is 12.5. The molecule has 0 amide bonds. The van der Waals surface area contributed by atoms with E-state index in [9.17, 15) is 51.1 Å². The standard InChI is InChI=1S/C11H22O4.C9H18O4.C9H16O3/c1-4-7-5-8(15-6(2)3)10(13)11(14)9(7)12;1-5(2)9(13)3-6(10)8(12)7(11)4-9;1-5(2)6-3-7(10)9(12)8(11)4-6/h6-14H,4-5H2,1-3H3;5-8,10-13H,3-4H2,1-2H3;3,5,7-12H,4H2,1-2H3/t7-,8-,9+,10+,11-;6-,7-,8?,9?;7-,8-,9-/m111/s1. The van der Waals surface area contributed by atoms with Crippen molar-refractivity contribution in [2.45, 2.75) is 153 Å². The van der Waals surface area contributed by atoms with Gasteiger partial charge in [-0.05, 0) is 44.4 Å². The molecule has 0 bridgehead atoms. The monoisotopic (exact) mass is 580 g/mol. The molecule has 2 saturated carbocycles. The molecule has 0 aromatic carbocycles. The molecule has 0 saturated heterocycles. The van der Waals surface area contributed by atoms with Gasteiger partial charge in [-0.15, -0.1) is 0 Å². The summed E-state index contributed by atoms with van der Waals surface area (Å²) in [6.07, 6.45) is -5.44. The lowest BCUT2D eigenvalue weighted by atomic mass is 9.73. The van der Waals surface area contributed by atoms with E-state index >= 15 is 0 Å². The van der Waals surface area contributed by atoms with Gasteiger partial charge in [0, 0.05) is 12.8 Å². The Kier molecular flexibility index (Phi) is 15.1. The number of hydrogen-bond acceptors (Lipinski definition) is 11. The summed E-state index contributed by atoms with van der Waals surface area (Å²) in [6.45, 7) is 13.4. The Morgan fingerprint density at radius 1 is 0.750 bits per heavy atom. The van der Waals surface area contributed by atoms with Crippen LogP contribution in [0.4, 0.5) is 0 Å². The van der Waals surface area contributed by atoms with E-state index < -0.39 is 60.5 Å². The summed E-state index contributed by atoms with van der Waals surface area (Å²) in [5.41, 5.74) is -0.0433. The van der Waals surface area contributed by atoms with Gasteiger partial charge in [0.05, 0.1) is 42.2 Å². The van der Waals surface area contributed by atoms with Crippen molar-refractivity contribution in [3.63, 3.8) is 0 Å². The highest BCUT2D eigenvalue weighted by Crippen LogP contribution is 2.35. The van der Waals surface area contributed by atoms with Gasteiger partial charge in [0.15, 0.2) is 0 Å². The zero-order valence-electron chi connectivity index (χ0n) is 25.1. The molecule has 10 N–H and O–H groups in total. The van der Waals surface area contributed by atoms with Crippen molar-refractivity contribution in [3.8, 4) is 0 Å². The molecule has 11 nitrogen and oxygen atoms in total. The highest BCUT2D eigenvalue weighted by atomic mass is 16.5. The molecule has 40 heavy (non-hydrogen) atoms. The maximum atomic E-state index is 9.98. The number of aliphatic hydroxyl groups excluding tert-OH is 9. The van der Waals surface area contributed by atoms with Crippen LogP contribution in [0.5, 0.6) is 0 Å². The smallest absolute Gasteiger partial charge is 0.110 e. The van der Waals surface area contributed by atoms with Gasteiger partial charge in [-0.2, -0.15) is 0 Å². The van der Waals surface area contributed by atoms with Gasteiger partial charge in [0.25, 0.3) is 0 Å². The van der Waals surface area contributed by atoms with Gasteiger partial charge in [-0.3, -0.25) is 0 Å². The van der Waals surface area contributed by atoms with Crippen LogP contribution in [-0.2, 0) is 4.74 Å². The van der Waals surface area contributed by atoms with Gasteiger partial charge in [-0.25, -0.2) is 0 Å². The number of rotatable bonds is 5. The third kappa shape index (κ3) is 10.2. The topological polar surface area (TPSA) is 212 Å². The Labute approximate surface area is 238 Å². The molecule has 0 unspecified atom stereocenters. The first-order valence-corrected chi connectivity index (χ1v) is 14.6. The highest BCUT2D eigenvalue weighted by molar-refractivity contribution is 5.15. The SMILES string of the molecule is CC(C)C1(O)C[C@@H](O)C(O)[C@H](O)C1.CC(C)C1=C[C@@H](O)[C@@H](O)[C@H](O)C1.CC[C@@H]1C[C@@H](OC(C)C)[C@H](O)[C@H](O)[C@H]1O. The Bertz CT molecular complexity index is 744. The fourth-order valence-electron chi connectivity index (χ4n) is 5.35. The summed E-state index contributed by atoms with van der Waals surface area (Å²) in [5.74, 6) is 0.290. The average Bonchev–Trinajstić information content (AvgIpc) is 2.86. The molecule has 0 aliphatic heterocycles. The molecule has 3 rings (SSSR count). The summed E-state index contributed by atoms with van der Waals surface area (Å²) in [4.78, 5) is 0. The summed E-state index contributed by atoms with van der Waals surface area (Å²) in [6, 6.07) is 0. The molecule has 2 fully saturated rings. The minimum absolute atomic E-state index is 0.00662. The van der Waals surface area contributed by atoms with Crippen molar-refractivity contribution in [1.82, 2.24) is 0 Å². The Morgan fingerprint density at radius 2 is 1.27 bits per heavy atom. The second kappa shape index (κ2) is 16.2. The molecule has 0 radical (unpaired) electrons. The van der Waals surface area contributed by atoms with Crippen molar-refractivity contribution in [3.05, 3.63) is 11.6 Å². The first-order valence-electron chi connectivity index (χ1n) is 14.6. The molecule has 11 heteroatoms. The second-order valence-electron chi connectivity index (χ2n) is 12.5. The molecule has 0 spiro atoms. The third-order valence-electron chi connectivity index (χ3n) is 8.37. The summed E-state index contributed by atoms with van der Waals surface area (Å²) < 4.78 is 5.53. The van der Waals surface area contributed by atoms with Crippen molar-refractivity contribution < 1.29 is 55.8 Å². The van der Waals surface area contributed by atoms with Crippen molar-refractivity contribution in [1.29, 1.82) is 0 Å². The lowest BCUT2D eigenvalue weighted by molar-refractivity contribution is -0.182. The molecule has 238 valence electrons. The van der Waals surface area contributed by atoms with E-state index in [-0.39, 0.29) is 36.9 Å². The largest absolute Gasteiger partial charge is 0.390 e. The first-order chi connectivity index (χ1) is 18.4. The van der Waals surface area contributed by atoms with Crippen molar-refractivity contribution in [2.24, 2.45) is 17.8 Å². The maximum Gasteiger partial charge on any atom is 0.110 e. The molecular formula is C29H56O11. The van der Waals surface area contributed by atoms with Gasteiger partial charge < -0.3 is 55.8 Å². The molecule has 3 aliphatic rings. The minimum atomic E-state index is -1.13. The van der Waals surface area contributed by atoms with Crippen LogP contribution in [0.15, 0.2) is 11.6 Å². The molecule has 0 heterocycles. The normalized spacial score (nSPS) is 42.1. The molecular weight excluding hydrogens is 524 g/mol. The van der Waals surface area contributed by atoms with Crippen LogP contribution in [0, 0.1) is 17.8 Å². The van der Waals surface area contributed by atoms with Gasteiger partial charge >= 0.3 is 0 Å². The lowest BCUT2D eigenvalue weighted by Crippen LogP contribution is -2.54. The van der Waals surface area contributed by atoms with Crippen LogP contribution in [0.2, 0.25) is 0 Å². The van der Waals surface area contributed by atoms with E-state index in [1.807, 2.05) is 48.5 Å². The van der Waals surface area contributed by atoms with Crippen LogP contribution in [0.3, 0.4) is 0 Å². The van der Waals surface area contributed by atoms with E-state index in [1.165, 1.54) is 0 Å². The van der Waals surface area contributed by atoms with Crippen LogP contribution in [0.1, 0.15) is 80.6 Å². The van der Waals surface area contributed by atoms with E-state index in [1.54, 1.807) is 6.08 Å². The minimum Gasteiger partial charge on any atom is -0.390 e. The molecule has 10 atom stereocenters. The van der Waals surface area contributed by atoms with Gasteiger partial charge in [-0.1, -0.05) is 52.7 Å². The fraction of sp³-hybridized carbons (Fsp3) is 0.931. The summed E-state index contributed by atoms with van der Waals surface area (Å²) in [5, 5.41) is 94.8. The summed E-state index contributed by atoms with van der Waals surface area (Å²) in [7, 11) is 0. The predicted octanol–water partition coefficient (Wildman–Crippen LogP) is -0.402. The van der Waals surface area contributed by atoms with E-state index in [0.29, 0.717) is 18.8 Å². The van der Waals surface area contributed by atoms with Crippen LogP contribution >= 0.6 is 0 Å². The lowest BCUT2D eigenvalue weighted by Gasteiger charge is -2.42. The van der Waals surface area contributed by atoms with Gasteiger partial charge in [0.1, 0.15) is 30.5 Å². The van der Waals surface area contributed by atoms with E-state index in [2.05, 4.69) is 0 Å². The van der Waals surface area contributed by atoms with Crippen LogP contribution in [0.25, 0.3) is 0 Å². The zero-order chi connectivity index (χ0) is 31.1. The average molecular weight is 581 g/mol. The fourth-order valence-corrected chi connectivity index (χ4v) is 5.35. The van der Waals surface area contributed by atoms with E-state index in [0.717, 1.165) is 12.0 Å². The van der Waals surface area contributed by atoms with Crippen molar-refractivity contribution in [2.75, 3.05) is 0 Å². The number of hydrogen-bond donors (Lipinski definition) is 10. The first kappa shape index (κ1) is 37.3. The molecule has 0 aromatic heterocycles. The predicted molar refractivity (Wildman–Crippen MR) is 149 cm³/mol. The third-order valence-corrected chi connectivity index (χ3v) is 8.37. The Balaban J connectivity index is 0.000000302. The zero-order valence-corrected chi connectivity index (χ0v) is 25.1. The Hall–Kier alpha value is -0.700. The number of aliphatic hydroxyl groups is 10. The Morgan fingerprint density at radius 3 is 1.68 bits per heavy atom. The van der Waals surface area contributed by atoms with Crippen LogP contribution < -0.4 is 0 Å². The summed E-state index contributed by atoms with van der Waals surface area (Å²) >= 11 is 0. The van der Waals surface area contributed by atoms with Crippen LogP contribution in [-0.4, -0.2) is 124 Å². The quantitative estimate of drug-likeness (QED) is 0.189. The van der Waals surface area contributed by atoms with Crippen molar-refractivity contribution >= 4 is 0 Å². The number of ether oxygens (including phenoxy) is 1. The highest BCUT2D eigenvalue weighted by Gasteiger charge is 2.45. The van der Waals surface area contributed by atoms with Gasteiger partial charge in [0.2, 0.25) is 0 Å². The molecule has 3 aliphatic carbocycles.